The normalized spacial score (nSPS) is 19.6. The molecular formula is C12H22N2O3. The van der Waals surface area contributed by atoms with Crippen LogP contribution < -0.4 is 10.6 Å². The maximum absolute atomic E-state index is 11.7. The molecule has 1 rings (SSSR count). The molecular weight excluding hydrogens is 220 g/mol. The first-order valence-corrected chi connectivity index (χ1v) is 6.25. The van der Waals surface area contributed by atoms with E-state index < -0.39 is 5.97 Å². The summed E-state index contributed by atoms with van der Waals surface area (Å²) in [4.78, 5) is 22.3. The van der Waals surface area contributed by atoms with Crippen molar-refractivity contribution in [2.75, 3.05) is 0 Å². The Hall–Kier alpha value is -1.26. The summed E-state index contributed by atoms with van der Waals surface area (Å²) in [5.74, 6) is -0.885. The van der Waals surface area contributed by atoms with Gasteiger partial charge in [0.15, 0.2) is 0 Å². The highest BCUT2D eigenvalue weighted by Crippen LogP contribution is 2.28. The van der Waals surface area contributed by atoms with E-state index in [4.69, 9.17) is 5.11 Å². The van der Waals surface area contributed by atoms with Crippen LogP contribution in [0, 0.1) is 0 Å². The first kappa shape index (κ1) is 13.8. The van der Waals surface area contributed by atoms with E-state index in [1.165, 1.54) is 0 Å². The number of carbonyl (C=O) groups excluding carboxylic acids is 1. The molecule has 0 radical (unpaired) electrons. The van der Waals surface area contributed by atoms with Crippen molar-refractivity contribution in [1.29, 1.82) is 0 Å². The highest BCUT2D eigenvalue weighted by atomic mass is 16.4. The number of aliphatic carboxylic acids is 1. The van der Waals surface area contributed by atoms with Crippen LogP contribution in [-0.2, 0) is 4.79 Å². The van der Waals surface area contributed by atoms with E-state index in [2.05, 4.69) is 10.6 Å². The second-order valence-corrected chi connectivity index (χ2v) is 5.07. The zero-order chi connectivity index (χ0) is 12.9. The van der Waals surface area contributed by atoms with Crippen molar-refractivity contribution in [3.8, 4) is 0 Å². The van der Waals surface area contributed by atoms with Gasteiger partial charge in [0.25, 0.3) is 0 Å². The molecule has 5 heteroatoms. The smallest absolute Gasteiger partial charge is 0.315 e. The fourth-order valence-corrected chi connectivity index (χ4v) is 2.28. The predicted octanol–water partition coefficient (Wildman–Crippen LogP) is 1.87. The minimum absolute atomic E-state index is 0.0271. The lowest BCUT2D eigenvalue weighted by molar-refractivity contribution is -0.137. The summed E-state index contributed by atoms with van der Waals surface area (Å²) in [5.41, 5.74) is -0.119. The number of nitrogens with one attached hydrogen (secondary N) is 2. The van der Waals surface area contributed by atoms with Crippen molar-refractivity contribution in [3.63, 3.8) is 0 Å². The fourth-order valence-electron chi connectivity index (χ4n) is 2.28. The number of carbonyl (C=O) groups is 2. The summed E-state index contributed by atoms with van der Waals surface area (Å²) in [7, 11) is 0. The summed E-state index contributed by atoms with van der Waals surface area (Å²) in [5, 5.41) is 14.4. The molecule has 0 spiro atoms. The molecule has 0 bridgehead atoms. The van der Waals surface area contributed by atoms with Gasteiger partial charge in [-0.1, -0.05) is 19.8 Å². The third-order valence-corrected chi connectivity index (χ3v) is 3.37. The molecule has 5 nitrogen and oxygen atoms in total. The summed E-state index contributed by atoms with van der Waals surface area (Å²) in [6.07, 6.45) is 4.87. The first-order chi connectivity index (χ1) is 7.95. The van der Waals surface area contributed by atoms with Gasteiger partial charge in [0, 0.05) is 11.6 Å². The highest BCUT2D eigenvalue weighted by molar-refractivity contribution is 5.76. The van der Waals surface area contributed by atoms with Gasteiger partial charge in [0.2, 0.25) is 0 Å². The van der Waals surface area contributed by atoms with Gasteiger partial charge < -0.3 is 15.7 Å². The van der Waals surface area contributed by atoms with Crippen LogP contribution in [0.5, 0.6) is 0 Å². The summed E-state index contributed by atoms with van der Waals surface area (Å²) >= 11 is 0. The topological polar surface area (TPSA) is 78.4 Å². The number of hydrogen-bond acceptors (Lipinski definition) is 2. The van der Waals surface area contributed by atoms with Gasteiger partial charge in [-0.05, 0) is 26.2 Å². The molecule has 1 unspecified atom stereocenters. The van der Waals surface area contributed by atoms with Crippen molar-refractivity contribution >= 4 is 12.0 Å². The number of amides is 2. The quantitative estimate of drug-likeness (QED) is 0.688. The number of urea groups is 1. The van der Waals surface area contributed by atoms with Gasteiger partial charge in [-0.25, -0.2) is 4.79 Å². The Labute approximate surface area is 102 Å². The van der Waals surface area contributed by atoms with Gasteiger partial charge in [-0.3, -0.25) is 4.79 Å². The van der Waals surface area contributed by atoms with Crippen molar-refractivity contribution in [3.05, 3.63) is 0 Å². The standard InChI is InChI=1S/C12H22N2O3/c1-3-9(8-10(15)16)13-11(17)14-12(2)6-4-5-7-12/h9H,3-8H2,1-2H3,(H,15,16)(H2,13,14,17). The van der Waals surface area contributed by atoms with E-state index in [1.807, 2.05) is 13.8 Å². The Morgan fingerprint density at radius 2 is 1.94 bits per heavy atom. The lowest BCUT2D eigenvalue weighted by Crippen LogP contribution is -2.51. The van der Waals surface area contributed by atoms with Crippen LogP contribution in [-0.4, -0.2) is 28.7 Å². The van der Waals surface area contributed by atoms with E-state index in [9.17, 15) is 9.59 Å². The predicted molar refractivity (Wildman–Crippen MR) is 64.9 cm³/mol. The molecule has 0 saturated heterocycles. The van der Waals surface area contributed by atoms with Crippen LogP contribution in [0.15, 0.2) is 0 Å². The number of hydrogen-bond donors (Lipinski definition) is 3. The molecule has 98 valence electrons. The molecule has 1 saturated carbocycles. The van der Waals surface area contributed by atoms with Gasteiger partial charge in [-0.2, -0.15) is 0 Å². The van der Waals surface area contributed by atoms with Crippen molar-refractivity contribution in [2.24, 2.45) is 0 Å². The van der Waals surface area contributed by atoms with Gasteiger partial charge in [0.1, 0.15) is 0 Å². The Morgan fingerprint density at radius 1 is 1.35 bits per heavy atom. The molecule has 0 aromatic carbocycles. The largest absolute Gasteiger partial charge is 0.481 e. The van der Waals surface area contributed by atoms with Crippen molar-refractivity contribution in [1.82, 2.24) is 10.6 Å². The molecule has 0 aromatic heterocycles. The van der Waals surface area contributed by atoms with Crippen LogP contribution in [0.25, 0.3) is 0 Å². The van der Waals surface area contributed by atoms with Gasteiger partial charge in [-0.15, -0.1) is 0 Å². The minimum atomic E-state index is -0.885. The average molecular weight is 242 g/mol. The van der Waals surface area contributed by atoms with E-state index >= 15 is 0 Å². The van der Waals surface area contributed by atoms with E-state index in [-0.39, 0.29) is 24.0 Å². The molecule has 0 aromatic rings. The van der Waals surface area contributed by atoms with Crippen molar-refractivity contribution < 1.29 is 14.7 Å². The Morgan fingerprint density at radius 3 is 2.41 bits per heavy atom. The lowest BCUT2D eigenvalue weighted by Gasteiger charge is -2.26. The Balaban J connectivity index is 2.39. The van der Waals surface area contributed by atoms with Crippen molar-refractivity contribution in [2.45, 2.75) is 64.0 Å². The number of rotatable bonds is 5. The lowest BCUT2D eigenvalue weighted by atomic mass is 10.0. The maximum Gasteiger partial charge on any atom is 0.315 e. The SMILES string of the molecule is CCC(CC(=O)O)NC(=O)NC1(C)CCCC1. The third kappa shape index (κ3) is 4.63. The van der Waals surface area contributed by atoms with Crippen LogP contribution in [0.4, 0.5) is 4.79 Å². The van der Waals surface area contributed by atoms with Gasteiger partial charge in [0.05, 0.1) is 6.42 Å². The zero-order valence-corrected chi connectivity index (χ0v) is 10.6. The molecule has 2 amide bonds. The molecule has 1 aliphatic carbocycles. The highest BCUT2D eigenvalue weighted by Gasteiger charge is 2.30. The van der Waals surface area contributed by atoms with Gasteiger partial charge >= 0.3 is 12.0 Å². The summed E-state index contributed by atoms with van der Waals surface area (Å²) in [6.45, 7) is 3.91. The molecule has 3 N–H and O–H groups in total. The molecule has 0 aliphatic heterocycles. The van der Waals surface area contributed by atoms with E-state index in [0.717, 1.165) is 25.7 Å². The first-order valence-electron chi connectivity index (χ1n) is 6.25. The molecule has 1 aliphatic rings. The maximum atomic E-state index is 11.7. The second kappa shape index (κ2) is 5.89. The minimum Gasteiger partial charge on any atom is -0.481 e. The Kier molecular flexibility index (Phi) is 4.78. The van der Waals surface area contributed by atoms with Crippen LogP contribution in [0.2, 0.25) is 0 Å². The van der Waals surface area contributed by atoms with Crippen LogP contribution >= 0.6 is 0 Å². The van der Waals surface area contributed by atoms with Crippen LogP contribution in [0.1, 0.15) is 52.4 Å². The average Bonchev–Trinajstić information content (AvgIpc) is 2.62. The number of carboxylic acids is 1. The summed E-state index contributed by atoms with van der Waals surface area (Å²) in [6, 6.07) is -0.542. The van der Waals surface area contributed by atoms with E-state index in [0.29, 0.717) is 6.42 Å². The van der Waals surface area contributed by atoms with E-state index in [1.54, 1.807) is 0 Å². The van der Waals surface area contributed by atoms with Crippen LogP contribution in [0.3, 0.4) is 0 Å². The molecule has 17 heavy (non-hydrogen) atoms. The Bertz CT molecular complexity index is 285. The fraction of sp³-hybridized carbons (Fsp3) is 0.833. The second-order valence-electron chi connectivity index (χ2n) is 5.07. The summed E-state index contributed by atoms with van der Waals surface area (Å²) < 4.78 is 0. The molecule has 0 heterocycles. The zero-order valence-electron chi connectivity index (χ0n) is 10.6. The third-order valence-electron chi connectivity index (χ3n) is 3.37. The monoisotopic (exact) mass is 242 g/mol. The molecule has 1 atom stereocenters. The number of carboxylic acid groups (broad SMARTS) is 1. The molecule has 1 fully saturated rings.